The van der Waals surface area contributed by atoms with Gasteiger partial charge in [0, 0.05) is 30.4 Å². The molecule has 1 aromatic rings. The summed E-state index contributed by atoms with van der Waals surface area (Å²) in [6.45, 7) is 4.22. The lowest BCUT2D eigenvalue weighted by Gasteiger charge is -2.35. The van der Waals surface area contributed by atoms with Gasteiger partial charge in [-0.2, -0.15) is 0 Å². The monoisotopic (exact) mass is 304 g/mol. The van der Waals surface area contributed by atoms with Crippen molar-refractivity contribution in [2.45, 2.75) is 76.9 Å². The van der Waals surface area contributed by atoms with Crippen molar-refractivity contribution in [2.24, 2.45) is 0 Å². The van der Waals surface area contributed by atoms with Crippen molar-refractivity contribution < 1.29 is 5.11 Å². The molecule has 1 N–H and O–H groups in total. The third-order valence-electron chi connectivity index (χ3n) is 5.42. The molecule has 1 aliphatic carbocycles. The summed E-state index contributed by atoms with van der Waals surface area (Å²) in [5.41, 5.74) is 0.829. The average Bonchev–Trinajstić information content (AvgIpc) is 2.54. The lowest BCUT2D eigenvalue weighted by atomic mass is 9.94. The zero-order valence-corrected chi connectivity index (χ0v) is 13.6. The maximum Gasteiger partial charge on any atom is 0.223 e. The van der Waals surface area contributed by atoms with Crippen LogP contribution in [0.1, 0.15) is 70.0 Å². The van der Waals surface area contributed by atoms with Gasteiger partial charge in [-0.25, -0.2) is 0 Å². The molecular formula is C18H28N2O2. The Bertz CT molecular complexity index is 561. The Labute approximate surface area is 132 Å². The van der Waals surface area contributed by atoms with Crippen LogP contribution in [0.25, 0.3) is 0 Å². The molecule has 0 aromatic carbocycles. The summed E-state index contributed by atoms with van der Waals surface area (Å²) in [6, 6.07) is 2.68. The highest BCUT2D eigenvalue weighted by atomic mass is 16.3. The Hall–Kier alpha value is -1.29. The first-order valence-electron chi connectivity index (χ1n) is 8.83. The van der Waals surface area contributed by atoms with Crippen LogP contribution in [-0.2, 0) is 6.54 Å². The fourth-order valence-electron chi connectivity index (χ4n) is 4.01. The van der Waals surface area contributed by atoms with Gasteiger partial charge in [0.1, 0.15) is 0 Å². The molecule has 1 saturated carbocycles. The Morgan fingerprint density at radius 1 is 1.14 bits per heavy atom. The van der Waals surface area contributed by atoms with Crippen LogP contribution in [0.4, 0.5) is 0 Å². The van der Waals surface area contributed by atoms with E-state index in [0.29, 0.717) is 12.1 Å². The van der Waals surface area contributed by atoms with Crippen molar-refractivity contribution in [2.75, 3.05) is 6.54 Å². The molecule has 1 unspecified atom stereocenters. The van der Waals surface area contributed by atoms with Gasteiger partial charge in [-0.15, -0.1) is 0 Å². The van der Waals surface area contributed by atoms with Gasteiger partial charge in [-0.3, -0.25) is 9.69 Å². The first-order chi connectivity index (χ1) is 10.6. The van der Waals surface area contributed by atoms with Crippen LogP contribution in [0.3, 0.4) is 0 Å². The number of hydrogen-bond acceptors (Lipinski definition) is 3. The van der Waals surface area contributed by atoms with Crippen LogP contribution < -0.4 is 5.43 Å². The third-order valence-corrected chi connectivity index (χ3v) is 5.42. The number of piperidine rings is 1. The third kappa shape index (κ3) is 3.37. The second-order valence-corrected chi connectivity index (χ2v) is 7.03. The maximum atomic E-state index is 11.9. The molecule has 1 aliphatic heterocycles. The normalized spacial score (nSPS) is 24.5. The van der Waals surface area contributed by atoms with Crippen molar-refractivity contribution in [1.29, 1.82) is 0 Å². The zero-order valence-electron chi connectivity index (χ0n) is 13.6. The summed E-state index contributed by atoms with van der Waals surface area (Å²) in [5, 5.41) is 9.87. The van der Waals surface area contributed by atoms with Gasteiger partial charge in [-0.1, -0.05) is 25.7 Å². The highest BCUT2D eigenvalue weighted by molar-refractivity contribution is 5.21. The van der Waals surface area contributed by atoms with Crippen molar-refractivity contribution in [3.8, 4) is 5.75 Å². The van der Waals surface area contributed by atoms with Gasteiger partial charge < -0.3 is 9.67 Å². The number of aromatic hydroxyl groups is 1. The maximum absolute atomic E-state index is 11.9. The van der Waals surface area contributed by atoms with E-state index in [4.69, 9.17) is 0 Å². The van der Waals surface area contributed by atoms with E-state index >= 15 is 0 Å². The molecule has 0 spiro atoms. The van der Waals surface area contributed by atoms with E-state index in [1.807, 2.05) is 0 Å². The molecule has 0 amide bonds. The molecule has 3 rings (SSSR count). The Morgan fingerprint density at radius 2 is 1.86 bits per heavy atom. The van der Waals surface area contributed by atoms with Crippen molar-refractivity contribution in [3.63, 3.8) is 0 Å². The molecule has 122 valence electrons. The van der Waals surface area contributed by atoms with Crippen molar-refractivity contribution in [3.05, 3.63) is 28.2 Å². The van der Waals surface area contributed by atoms with Crippen molar-refractivity contribution in [1.82, 2.24) is 9.47 Å². The highest BCUT2D eigenvalue weighted by Gasteiger charge is 2.22. The topological polar surface area (TPSA) is 45.5 Å². The summed E-state index contributed by atoms with van der Waals surface area (Å²) < 4.78 is 2.19. The molecule has 4 heteroatoms. The van der Waals surface area contributed by atoms with Gasteiger partial charge in [-0.05, 0) is 39.2 Å². The van der Waals surface area contributed by atoms with E-state index in [1.54, 1.807) is 12.3 Å². The second-order valence-electron chi connectivity index (χ2n) is 7.03. The summed E-state index contributed by atoms with van der Waals surface area (Å²) in [5.74, 6) is -0.110. The van der Waals surface area contributed by atoms with Crippen LogP contribution >= 0.6 is 0 Å². The molecule has 0 bridgehead atoms. The highest BCUT2D eigenvalue weighted by Crippen LogP contribution is 2.30. The minimum absolute atomic E-state index is 0.110. The Balaban J connectivity index is 1.87. The SMILES string of the molecule is CC1CCCCN1Cc1cc(=O)c(O)cn1C1CCCCC1. The molecule has 2 heterocycles. The summed E-state index contributed by atoms with van der Waals surface area (Å²) in [6.07, 6.45) is 11.6. The number of aromatic nitrogens is 1. The average molecular weight is 304 g/mol. The molecule has 1 atom stereocenters. The fraction of sp³-hybridized carbons (Fsp3) is 0.722. The van der Waals surface area contributed by atoms with Crippen LogP contribution in [0.15, 0.2) is 17.1 Å². The number of hydrogen-bond donors (Lipinski definition) is 1. The number of pyridine rings is 1. The summed E-state index contributed by atoms with van der Waals surface area (Å²) in [4.78, 5) is 14.4. The van der Waals surface area contributed by atoms with Gasteiger partial charge in [0.25, 0.3) is 0 Å². The predicted molar refractivity (Wildman–Crippen MR) is 88.2 cm³/mol. The molecule has 22 heavy (non-hydrogen) atoms. The first-order valence-corrected chi connectivity index (χ1v) is 8.83. The minimum atomic E-state index is -0.244. The Morgan fingerprint density at radius 3 is 2.59 bits per heavy atom. The van der Waals surface area contributed by atoms with Crippen LogP contribution in [0.5, 0.6) is 5.75 Å². The smallest absolute Gasteiger partial charge is 0.223 e. The van der Waals surface area contributed by atoms with E-state index in [2.05, 4.69) is 16.4 Å². The van der Waals surface area contributed by atoms with E-state index < -0.39 is 0 Å². The number of nitrogens with zero attached hydrogens (tertiary/aromatic N) is 2. The fourth-order valence-corrected chi connectivity index (χ4v) is 4.01. The van der Waals surface area contributed by atoms with Crippen LogP contribution in [0, 0.1) is 0 Å². The Kier molecular flexibility index (Phi) is 4.87. The van der Waals surface area contributed by atoms with E-state index in [9.17, 15) is 9.90 Å². The van der Waals surface area contributed by atoms with Gasteiger partial charge in [0.2, 0.25) is 5.43 Å². The molecule has 1 aromatic heterocycles. The summed E-state index contributed by atoms with van der Waals surface area (Å²) >= 11 is 0. The van der Waals surface area contributed by atoms with Gasteiger partial charge in [0.15, 0.2) is 5.75 Å². The molecule has 2 aliphatic rings. The quantitative estimate of drug-likeness (QED) is 0.930. The molecule has 0 radical (unpaired) electrons. The summed E-state index contributed by atoms with van der Waals surface area (Å²) in [7, 11) is 0. The first kappa shape index (κ1) is 15.6. The van der Waals surface area contributed by atoms with Gasteiger partial charge >= 0.3 is 0 Å². The molecule has 1 saturated heterocycles. The van der Waals surface area contributed by atoms with Gasteiger partial charge in [0.05, 0.1) is 6.20 Å². The number of likely N-dealkylation sites (tertiary alicyclic amines) is 1. The zero-order chi connectivity index (χ0) is 15.5. The minimum Gasteiger partial charge on any atom is -0.503 e. The molecular weight excluding hydrogens is 276 g/mol. The second kappa shape index (κ2) is 6.86. The van der Waals surface area contributed by atoms with E-state index in [1.165, 1.54) is 38.5 Å². The standard InChI is InChI=1S/C18H28N2O2/c1-14-7-5-6-10-19(14)12-16-11-17(21)18(22)13-20(16)15-8-3-2-4-9-15/h11,13-15,22H,2-10,12H2,1H3. The van der Waals surface area contributed by atoms with Crippen LogP contribution in [-0.4, -0.2) is 27.2 Å². The molecule has 4 nitrogen and oxygen atoms in total. The van der Waals surface area contributed by atoms with E-state index in [0.717, 1.165) is 31.6 Å². The van der Waals surface area contributed by atoms with E-state index in [-0.39, 0.29) is 11.2 Å². The number of rotatable bonds is 3. The largest absolute Gasteiger partial charge is 0.503 e. The van der Waals surface area contributed by atoms with Crippen molar-refractivity contribution >= 4 is 0 Å². The van der Waals surface area contributed by atoms with Crippen LogP contribution in [0.2, 0.25) is 0 Å². The predicted octanol–water partition coefficient (Wildman–Crippen LogP) is 3.43. The molecule has 2 fully saturated rings. The lowest BCUT2D eigenvalue weighted by Crippen LogP contribution is -2.38. The lowest BCUT2D eigenvalue weighted by molar-refractivity contribution is 0.146.